The van der Waals surface area contributed by atoms with E-state index in [9.17, 15) is 13.6 Å². The summed E-state index contributed by atoms with van der Waals surface area (Å²) in [6, 6.07) is 14.6. The third-order valence-electron chi connectivity index (χ3n) is 4.00. The van der Waals surface area contributed by atoms with Crippen molar-refractivity contribution >= 4 is 12.0 Å². The number of aryl methyl sites for hydroxylation is 1. The number of likely N-dealkylation sites (N-methyl/N-ethyl adjacent to an activating group) is 1. The zero-order chi connectivity index (χ0) is 19.6. The molecule has 0 heterocycles. The molecule has 0 unspecified atom stereocenters. The second-order valence-corrected chi connectivity index (χ2v) is 5.97. The molecule has 144 valence electrons. The van der Waals surface area contributed by atoms with Gasteiger partial charge >= 0.3 is 6.61 Å². The maximum Gasteiger partial charge on any atom is 0.387 e. The van der Waals surface area contributed by atoms with Crippen LogP contribution in [0.15, 0.2) is 54.6 Å². The molecule has 0 aliphatic rings. The average molecular weight is 375 g/mol. The van der Waals surface area contributed by atoms with Crippen molar-refractivity contribution in [2.75, 3.05) is 20.7 Å². The van der Waals surface area contributed by atoms with Crippen LogP contribution in [0.25, 0.3) is 6.08 Å². The molecule has 2 rings (SSSR count). The highest BCUT2D eigenvalue weighted by atomic mass is 19.3. The highest BCUT2D eigenvalue weighted by molar-refractivity contribution is 5.91. The molecule has 2 aromatic rings. The van der Waals surface area contributed by atoms with Crippen LogP contribution in [0.2, 0.25) is 0 Å². The fourth-order valence-electron chi connectivity index (χ4n) is 2.55. The largest absolute Gasteiger partial charge is 0.493 e. The van der Waals surface area contributed by atoms with E-state index in [0.29, 0.717) is 12.1 Å². The van der Waals surface area contributed by atoms with Crippen molar-refractivity contribution in [2.24, 2.45) is 0 Å². The van der Waals surface area contributed by atoms with Gasteiger partial charge in [-0.05, 0) is 42.2 Å². The summed E-state index contributed by atoms with van der Waals surface area (Å²) in [6.45, 7) is -2.28. The zero-order valence-corrected chi connectivity index (χ0v) is 15.4. The van der Waals surface area contributed by atoms with Crippen LogP contribution in [0.3, 0.4) is 0 Å². The van der Waals surface area contributed by atoms with Crippen molar-refractivity contribution in [2.45, 2.75) is 19.5 Å². The highest BCUT2D eigenvalue weighted by Crippen LogP contribution is 2.29. The van der Waals surface area contributed by atoms with E-state index in [0.717, 1.165) is 12.8 Å². The number of rotatable bonds is 9. The minimum Gasteiger partial charge on any atom is -0.493 e. The van der Waals surface area contributed by atoms with Gasteiger partial charge in [-0.3, -0.25) is 4.79 Å². The first kappa shape index (κ1) is 20.4. The Kier molecular flexibility index (Phi) is 7.79. The summed E-state index contributed by atoms with van der Waals surface area (Å²) in [5.74, 6) is 0.00468. The minimum atomic E-state index is -2.92. The van der Waals surface area contributed by atoms with E-state index in [-0.39, 0.29) is 17.4 Å². The number of alkyl halides is 2. The topological polar surface area (TPSA) is 38.8 Å². The first-order valence-electron chi connectivity index (χ1n) is 8.59. The first-order valence-corrected chi connectivity index (χ1v) is 8.59. The van der Waals surface area contributed by atoms with Crippen molar-refractivity contribution in [1.29, 1.82) is 0 Å². The molecule has 1 amide bonds. The van der Waals surface area contributed by atoms with Gasteiger partial charge in [0.05, 0.1) is 7.11 Å². The molecule has 0 N–H and O–H groups in total. The van der Waals surface area contributed by atoms with Crippen LogP contribution in [0.5, 0.6) is 11.5 Å². The second-order valence-electron chi connectivity index (χ2n) is 5.97. The standard InChI is InChI=1S/C21H23F2NO3/c1-24(14-6-9-16-7-4-3-5-8-16)20(25)13-11-17-10-12-18(27-21(22)23)19(15-17)26-2/h3-5,7-8,10-13,15,21H,6,9,14H2,1-2H3/b13-11+. The Balaban J connectivity index is 1.89. The van der Waals surface area contributed by atoms with Crippen LogP contribution in [0, 0.1) is 0 Å². The van der Waals surface area contributed by atoms with Crippen molar-refractivity contribution in [1.82, 2.24) is 4.90 Å². The van der Waals surface area contributed by atoms with E-state index in [1.54, 1.807) is 24.1 Å². The molecule has 0 aliphatic carbocycles. The molecule has 0 bridgehead atoms. The molecule has 0 fully saturated rings. The number of methoxy groups -OCH3 is 1. The number of hydrogen-bond acceptors (Lipinski definition) is 3. The van der Waals surface area contributed by atoms with Crippen LogP contribution in [0.4, 0.5) is 8.78 Å². The summed E-state index contributed by atoms with van der Waals surface area (Å²) < 4.78 is 34.1. The molecular weight excluding hydrogens is 352 g/mol. The quantitative estimate of drug-likeness (QED) is 0.610. The third-order valence-corrected chi connectivity index (χ3v) is 4.00. The van der Waals surface area contributed by atoms with Gasteiger partial charge in [-0.15, -0.1) is 0 Å². The molecule has 4 nitrogen and oxygen atoms in total. The number of halogens is 2. The van der Waals surface area contributed by atoms with Crippen molar-refractivity contribution in [3.63, 3.8) is 0 Å². The SMILES string of the molecule is COc1cc(/C=C/C(=O)N(C)CCCc2ccccc2)ccc1OC(F)F. The van der Waals surface area contributed by atoms with Crippen LogP contribution >= 0.6 is 0 Å². The van der Waals surface area contributed by atoms with Gasteiger partial charge in [0, 0.05) is 19.7 Å². The molecule has 2 aromatic carbocycles. The lowest BCUT2D eigenvalue weighted by atomic mass is 10.1. The van der Waals surface area contributed by atoms with Gasteiger partial charge in [-0.2, -0.15) is 8.78 Å². The van der Waals surface area contributed by atoms with Gasteiger partial charge in [0.25, 0.3) is 0 Å². The lowest BCUT2D eigenvalue weighted by molar-refractivity contribution is -0.124. The molecule has 0 radical (unpaired) electrons. The molecule has 0 aliphatic heterocycles. The van der Waals surface area contributed by atoms with E-state index in [2.05, 4.69) is 16.9 Å². The lowest BCUT2D eigenvalue weighted by Gasteiger charge is -2.15. The zero-order valence-electron chi connectivity index (χ0n) is 15.4. The molecular formula is C21H23F2NO3. The highest BCUT2D eigenvalue weighted by Gasteiger charge is 2.11. The Morgan fingerprint density at radius 1 is 1.15 bits per heavy atom. The molecule has 0 saturated heterocycles. The van der Waals surface area contributed by atoms with E-state index < -0.39 is 6.61 Å². The predicted molar refractivity (Wildman–Crippen MR) is 101 cm³/mol. The molecule has 0 aromatic heterocycles. The van der Waals surface area contributed by atoms with Crippen molar-refractivity contribution < 1.29 is 23.0 Å². The number of ether oxygens (including phenoxy) is 2. The molecule has 6 heteroatoms. The Bertz CT molecular complexity index is 763. The Labute approximate surface area is 158 Å². The fourth-order valence-corrected chi connectivity index (χ4v) is 2.55. The van der Waals surface area contributed by atoms with Crippen LogP contribution in [-0.2, 0) is 11.2 Å². The van der Waals surface area contributed by atoms with E-state index in [1.807, 2.05) is 18.2 Å². The van der Waals surface area contributed by atoms with Gasteiger partial charge in [0.2, 0.25) is 5.91 Å². The monoisotopic (exact) mass is 375 g/mol. The van der Waals surface area contributed by atoms with Gasteiger partial charge in [-0.1, -0.05) is 36.4 Å². The third kappa shape index (κ3) is 6.73. The van der Waals surface area contributed by atoms with Crippen LogP contribution in [-0.4, -0.2) is 38.1 Å². The van der Waals surface area contributed by atoms with Crippen molar-refractivity contribution in [3.8, 4) is 11.5 Å². The van der Waals surface area contributed by atoms with E-state index in [4.69, 9.17) is 4.74 Å². The summed E-state index contributed by atoms with van der Waals surface area (Å²) in [7, 11) is 3.12. The summed E-state index contributed by atoms with van der Waals surface area (Å²) >= 11 is 0. The summed E-state index contributed by atoms with van der Waals surface area (Å²) in [6.07, 6.45) is 4.84. The summed E-state index contributed by atoms with van der Waals surface area (Å²) in [5.41, 5.74) is 1.89. The number of carbonyl (C=O) groups excluding carboxylic acids is 1. The normalized spacial score (nSPS) is 11.0. The lowest BCUT2D eigenvalue weighted by Crippen LogP contribution is -2.26. The van der Waals surface area contributed by atoms with Crippen LogP contribution < -0.4 is 9.47 Å². The first-order chi connectivity index (χ1) is 13.0. The number of benzene rings is 2. The molecule has 0 saturated carbocycles. The maximum absolute atomic E-state index is 12.3. The Morgan fingerprint density at radius 3 is 2.56 bits per heavy atom. The summed E-state index contributed by atoms with van der Waals surface area (Å²) in [5, 5.41) is 0. The van der Waals surface area contributed by atoms with Crippen LogP contribution in [0.1, 0.15) is 17.5 Å². The van der Waals surface area contributed by atoms with Gasteiger partial charge in [0.1, 0.15) is 0 Å². The maximum atomic E-state index is 12.3. The smallest absolute Gasteiger partial charge is 0.387 e. The fraction of sp³-hybridized carbons (Fsp3) is 0.286. The summed E-state index contributed by atoms with van der Waals surface area (Å²) in [4.78, 5) is 13.9. The average Bonchev–Trinajstić information content (AvgIpc) is 2.67. The van der Waals surface area contributed by atoms with Gasteiger partial charge in [0.15, 0.2) is 11.5 Å². The Hall–Kier alpha value is -2.89. The molecule has 0 spiro atoms. The molecule has 0 atom stereocenters. The Morgan fingerprint density at radius 2 is 1.89 bits per heavy atom. The number of hydrogen-bond donors (Lipinski definition) is 0. The van der Waals surface area contributed by atoms with Gasteiger partial charge in [-0.25, -0.2) is 0 Å². The van der Waals surface area contributed by atoms with E-state index >= 15 is 0 Å². The number of nitrogens with zero attached hydrogens (tertiary/aromatic N) is 1. The number of carbonyl (C=O) groups is 1. The van der Waals surface area contributed by atoms with Crippen molar-refractivity contribution in [3.05, 3.63) is 65.7 Å². The predicted octanol–water partition coefficient (Wildman–Crippen LogP) is 4.40. The molecule has 27 heavy (non-hydrogen) atoms. The number of amides is 1. The second kappa shape index (κ2) is 10.3. The van der Waals surface area contributed by atoms with Gasteiger partial charge < -0.3 is 14.4 Å². The minimum absolute atomic E-state index is 0.0472. The van der Waals surface area contributed by atoms with E-state index in [1.165, 1.54) is 30.9 Å².